The number of nitrogens with one attached hydrogen (secondary N) is 1. The Morgan fingerprint density at radius 3 is 2.42 bits per heavy atom. The molecule has 1 atom stereocenters. The van der Waals surface area contributed by atoms with Crippen LogP contribution < -0.4 is 5.32 Å². The highest BCUT2D eigenvalue weighted by atomic mass is 32.1. The number of hydrogen-bond acceptors (Lipinski definition) is 5. The molecule has 6 nitrogen and oxygen atoms in total. The largest absolute Gasteiger partial charge is 0.339 e. The van der Waals surface area contributed by atoms with Gasteiger partial charge in [-0.1, -0.05) is 49.9 Å². The molecular weight excluding hydrogens is 348 g/mol. The molecule has 1 saturated heterocycles. The van der Waals surface area contributed by atoms with Crippen molar-refractivity contribution >= 4 is 28.3 Å². The van der Waals surface area contributed by atoms with Crippen LogP contribution in [0.2, 0.25) is 0 Å². The zero-order chi connectivity index (χ0) is 17.9. The minimum absolute atomic E-state index is 0.0806. The van der Waals surface area contributed by atoms with E-state index in [0.29, 0.717) is 30.1 Å². The topological polar surface area (TPSA) is 75.2 Å². The number of aromatic nitrogens is 2. The molecule has 1 aliphatic heterocycles. The minimum Gasteiger partial charge on any atom is -0.339 e. The summed E-state index contributed by atoms with van der Waals surface area (Å²) >= 11 is 1.50. The highest BCUT2D eigenvalue weighted by molar-refractivity contribution is 7.15. The van der Waals surface area contributed by atoms with Crippen LogP contribution in [0.4, 0.5) is 5.13 Å². The number of amides is 2. The van der Waals surface area contributed by atoms with Gasteiger partial charge in [-0.25, -0.2) is 0 Å². The number of hydrogen-bond donors (Lipinski definition) is 1. The van der Waals surface area contributed by atoms with Crippen molar-refractivity contribution in [1.29, 1.82) is 0 Å². The molecule has 1 aromatic rings. The zero-order valence-corrected chi connectivity index (χ0v) is 16.1. The number of carbonyl (C=O) groups excluding carboxylic acids is 2. The monoisotopic (exact) mass is 376 g/mol. The Kier molecular flexibility index (Phi) is 5.52. The van der Waals surface area contributed by atoms with E-state index in [9.17, 15) is 9.59 Å². The molecule has 2 saturated carbocycles. The average molecular weight is 377 g/mol. The fraction of sp³-hybridized carbons (Fsp3) is 0.789. The summed E-state index contributed by atoms with van der Waals surface area (Å²) in [5.41, 5.74) is 0. The van der Waals surface area contributed by atoms with E-state index in [0.717, 1.165) is 17.8 Å². The summed E-state index contributed by atoms with van der Waals surface area (Å²) < 4.78 is 0. The molecule has 142 valence electrons. The maximum absolute atomic E-state index is 12.6. The Morgan fingerprint density at radius 1 is 1.00 bits per heavy atom. The summed E-state index contributed by atoms with van der Waals surface area (Å²) in [5, 5.41) is 13.0. The van der Waals surface area contributed by atoms with Gasteiger partial charge in [0, 0.05) is 24.9 Å². The van der Waals surface area contributed by atoms with Crippen LogP contribution in [0.15, 0.2) is 0 Å². The highest BCUT2D eigenvalue weighted by Crippen LogP contribution is 2.35. The average Bonchev–Trinajstić information content (AvgIpc) is 3.30. The summed E-state index contributed by atoms with van der Waals surface area (Å²) in [6.45, 7) is 0.559. The van der Waals surface area contributed by atoms with Crippen LogP contribution in [0.3, 0.4) is 0 Å². The summed E-state index contributed by atoms with van der Waals surface area (Å²) in [4.78, 5) is 27.0. The third kappa shape index (κ3) is 3.92. The lowest BCUT2D eigenvalue weighted by molar-refractivity contribution is -0.130. The smallest absolute Gasteiger partial charge is 0.231 e. The number of anilines is 1. The molecular formula is C19H28N4O2S. The van der Waals surface area contributed by atoms with Crippen molar-refractivity contribution in [3.8, 4) is 0 Å². The van der Waals surface area contributed by atoms with Crippen LogP contribution in [-0.4, -0.2) is 39.5 Å². The van der Waals surface area contributed by atoms with Gasteiger partial charge in [0.05, 0.1) is 5.92 Å². The van der Waals surface area contributed by atoms with Crippen molar-refractivity contribution in [3.05, 3.63) is 5.01 Å². The van der Waals surface area contributed by atoms with Crippen molar-refractivity contribution in [1.82, 2.24) is 15.1 Å². The van der Waals surface area contributed by atoms with Crippen LogP contribution in [0.25, 0.3) is 0 Å². The predicted molar refractivity (Wildman–Crippen MR) is 101 cm³/mol. The van der Waals surface area contributed by atoms with Crippen molar-refractivity contribution in [2.24, 2.45) is 5.92 Å². The Bertz CT molecular complexity index is 650. The normalized spacial score (nSPS) is 25.6. The van der Waals surface area contributed by atoms with Crippen molar-refractivity contribution in [3.63, 3.8) is 0 Å². The molecule has 2 heterocycles. The van der Waals surface area contributed by atoms with E-state index in [1.807, 2.05) is 4.90 Å². The first-order valence-corrected chi connectivity index (χ1v) is 11.0. The summed E-state index contributed by atoms with van der Waals surface area (Å²) in [7, 11) is 0. The van der Waals surface area contributed by atoms with Crippen LogP contribution in [0, 0.1) is 5.92 Å². The predicted octanol–water partition coefficient (Wildman–Crippen LogP) is 3.71. The number of rotatable bonds is 4. The van der Waals surface area contributed by atoms with E-state index in [-0.39, 0.29) is 17.7 Å². The number of carbonyl (C=O) groups is 2. The van der Waals surface area contributed by atoms with Crippen molar-refractivity contribution in [2.45, 2.75) is 82.6 Å². The molecule has 2 aliphatic carbocycles. The van der Waals surface area contributed by atoms with E-state index >= 15 is 0 Å². The Morgan fingerprint density at radius 2 is 1.69 bits per heavy atom. The van der Waals surface area contributed by atoms with Gasteiger partial charge in [-0.3, -0.25) is 9.59 Å². The first-order chi connectivity index (χ1) is 12.7. The van der Waals surface area contributed by atoms with Crippen molar-refractivity contribution in [2.75, 3.05) is 11.9 Å². The number of nitrogens with zero attached hydrogens (tertiary/aromatic N) is 3. The van der Waals surface area contributed by atoms with Crippen molar-refractivity contribution < 1.29 is 9.59 Å². The second-order valence-corrected chi connectivity index (χ2v) is 9.02. The quantitative estimate of drug-likeness (QED) is 0.869. The van der Waals surface area contributed by atoms with Crippen LogP contribution in [-0.2, 0) is 9.59 Å². The lowest BCUT2D eigenvalue weighted by Gasteiger charge is -2.31. The van der Waals surface area contributed by atoms with E-state index in [1.54, 1.807) is 0 Å². The van der Waals surface area contributed by atoms with Gasteiger partial charge in [-0.2, -0.15) is 0 Å². The van der Waals surface area contributed by atoms with Gasteiger partial charge in [0.15, 0.2) is 0 Å². The van der Waals surface area contributed by atoms with E-state index in [2.05, 4.69) is 15.5 Å². The van der Waals surface area contributed by atoms with Gasteiger partial charge in [0.2, 0.25) is 16.9 Å². The molecule has 1 aromatic heterocycles. The van der Waals surface area contributed by atoms with E-state index < -0.39 is 0 Å². The van der Waals surface area contributed by atoms with Gasteiger partial charge in [0.1, 0.15) is 5.01 Å². The highest BCUT2D eigenvalue weighted by Gasteiger charge is 2.38. The zero-order valence-electron chi connectivity index (χ0n) is 15.3. The first kappa shape index (κ1) is 17.9. The second kappa shape index (κ2) is 8.03. The molecule has 3 aliphatic rings. The lowest BCUT2D eigenvalue weighted by Crippen LogP contribution is -2.38. The maximum Gasteiger partial charge on any atom is 0.231 e. The fourth-order valence-corrected chi connectivity index (χ4v) is 5.58. The summed E-state index contributed by atoms with van der Waals surface area (Å²) in [5.74, 6) is 0.299. The molecule has 0 radical (unpaired) electrons. The Hall–Kier alpha value is -1.50. The van der Waals surface area contributed by atoms with E-state index in [4.69, 9.17) is 0 Å². The van der Waals surface area contributed by atoms with Gasteiger partial charge in [-0.15, -0.1) is 10.2 Å². The van der Waals surface area contributed by atoms with Crippen LogP contribution in [0.5, 0.6) is 0 Å². The van der Waals surface area contributed by atoms with Crippen LogP contribution >= 0.6 is 11.3 Å². The lowest BCUT2D eigenvalue weighted by atomic mass is 9.90. The Labute approximate surface area is 158 Å². The van der Waals surface area contributed by atoms with Gasteiger partial charge >= 0.3 is 0 Å². The second-order valence-electron chi connectivity index (χ2n) is 8.01. The molecule has 1 N–H and O–H groups in total. The third-order valence-corrected chi connectivity index (χ3v) is 7.17. The molecule has 0 bridgehead atoms. The fourth-order valence-electron chi connectivity index (χ4n) is 4.66. The number of likely N-dealkylation sites (tertiary alicyclic amines) is 1. The third-order valence-electron chi connectivity index (χ3n) is 6.17. The van der Waals surface area contributed by atoms with Gasteiger partial charge in [-0.05, 0) is 25.7 Å². The van der Waals surface area contributed by atoms with Gasteiger partial charge < -0.3 is 10.2 Å². The first-order valence-electron chi connectivity index (χ1n) is 10.1. The minimum atomic E-state index is -0.258. The molecule has 7 heteroatoms. The maximum atomic E-state index is 12.6. The SMILES string of the molecule is O=C(Nc1nnc(C2CCCCC2)s1)C1CC(=O)N(C2CCCCC2)C1. The summed E-state index contributed by atoms with van der Waals surface area (Å²) in [6.07, 6.45) is 12.3. The molecule has 1 unspecified atom stereocenters. The molecule has 2 amide bonds. The molecule has 26 heavy (non-hydrogen) atoms. The molecule has 4 rings (SSSR count). The molecule has 3 fully saturated rings. The van der Waals surface area contributed by atoms with Crippen LogP contribution in [0.1, 0.15) is 81.6 Å². The van der Waals surface area contributed by atoms with E-state index in [1.165, 1.54) is 62.7 Å². The van der Waals surface area contributed by atoms with Gasteiger partial charge in [0.25, 0.3) is 0 Å². The summed E-state index contributed by atoms with van der Waals surface area (Å²) in [6, 6.07) is 0.341. The molecule has 0 spiro atoms. The molecule has 0 aromatic carbocycles. The Balaban J connectivity index is 1.33. The standard InChI is InChI=1S/C19H28N4O2S/c24-16-11-14(12-23(16)15-9-5-2-6-10-15)17(25)20-19-22-21-18(26-19)13-7-3-1-4-8-13/h13-15H,1-12H2,(H,20,22,25).